The van der Waals surface area contributed by atoms with Gasteiger partial charge in [-0.25, -0.2) is 0 Å². The Hall–Kier alpha value is -4.15. The summed E-state index contributed by atoms with van der Waals surface area (Å²) in [6.45, 7) is 0. The zero-order chi connectivity index (χ0) is 25.4. The molecule has 5 heteroatoms. The number of allylic oxidation sites excluding steroid dienone is 1. The maximum absolute atomic E-state index is 14.2. The van der Waals surface area contributed by atoms with E-state index in [1.54, 1.807) is 4.90 Å². The van der Waals surface area contributed by atoms with E-state index in [9.17, 15) is 9.59 Å². The van der Waals surface area contributed by atoms with Crippen LogP contribution in [0.3, 0.4) is 0 Å². The molecule has 0 unspecified atom stereocenters. The number of Topliss-reactive ketones (excluding diaryl/α,β-unsaturated/α-hetero) is 1. The summed E-state index contributed by atoms with van der Waals surface area (Å²) in [5, 5.41) is 4.22. The normalized spacial score (nSPS) is 20.7. The number of nitrogens with one attached hydrogen (secondary N) is 1. The predicted octanol–water partition coefficient (Wildman–Crippen LogP) is 7.41. The van der Waals surface area contributed by atoms with Gasteiger partial charge in [-0.05, 0) is 47.5 Å². The van der Waals surface area contributed by atoms with E-state index in [0.29, 0.717) is 17.0 Å². The number of hydrogen-bond acceptors (Lipinski definition) is 3. The second-order valence-electron chi connectivity index (χ2n) is 9.47. The van der Waals surface area contributed by atoms with Gasteiger partial charge in [-0.1, -0.05) is 90.5 Å². The molecule has 0 aromatic heterocycles. The summed E-state index contributed by atoms with van der Waals surface area (Å²) in [6.07, 6.45) is 2.50. The van der Waals surface area contributed by atoms with E-state index in [1.165, 1.54) is 0 Å². The van der Waals surface area contributed by atoms with Crippen LogP contribution in [0, 0.1) is 5.92 Å². The molecule has 37 heavy (non-hydrogen) atoms. The van der Waals surface area contributed by atoms with Crippen molar-refractivity contribution < 1.29 is 9.59 Å². The highest BCUT2D eigenvalue weighted by Gasteiger charge is 2.45. The molecule has 1 heterocycles. The molecule has 1 amide bonds. The number of para-hydroxylation sites is 2. The molecular formula is C32H25ClN2O2. The van der Waals surface area contributed by atoms with Crippen LogP contribution in [0.4, 0.5) is 11.4 Å². The molecule has 4 aromatic carbocycles. The first kappa shape index (κ1) is 23.3. The Morgan fingerprint density at radius 3 is 2.16 bits per heavy atom. The van der Waals surface area contributed by atoms with Crippen LogP contribution >= 0.6 is 11.6 Å². The van der Waals surface area contributed by atoms with Gasteiger partial charge in [0.15, 0.2) is 0 Å². The number of amides is 1. The van der Waals surface area contributed by atoms with Gasteiger partial charge in [0.25, 0.3) is 5.91 Å². The van der Waals surface area contributed by atoms with Crippen molar-refractivity contribution in [3.63, 3.8) is 0 Å². The van der Waals surface area contributed by atoms with Crippen LogP contribution in [0.15, 0.2) is 121 Å². The molecule has 6 rings (SSSR count). The number of hydrogen-bond donors (Lipinski definition) is 1. The van der Waals surface area contributed by atoms with Crippen molar-refractivity contribution in [1.82, 2.24) is 0 Å². The molecule has 0 saturated carbocycles. The third-order valence-electron chi connectivity index (χ3n) is 7.20. The van der Waals surface area contributed by atoms with Crippen molar-refractivity contribution in [2.45, 2.75) is 18.4 Å². The van der Waals surface area contributed by atoms with Crippen LogP contribution in [-0.4, -0.2) is 11.7 Å². The smallest absolute Gasteiger partial charge is 0.258 e. The van der Waals surface area contributed by atoms with E-state index < -0.39 is 12.0 Å². The minimum atomic E-state index is -0.536. The van der Waals surface area contributed by atoms with Gasteiger partial charge in [-0.15, -0.1) is 0 Å². The van der Waals surface area contributed by atoms with Crippen molar-refractivity contribution >= 4 is 34.7 Å². The lowest BCUT2D eigenvalue weighted by molar-refractivity contribution is -0.123. The lowest BCUT2D eigenvalue weighted by Gasteiger charge is -2.37. The largest absolute Gasteiger partial charge is 0.357 e. The fraction of sp³-hybridized carbons (Fsp3) is 0.125. The van der Waals surface area contributed by atoms with Crippen molar-refractivity contribution in [3.8, 4) is 0 Å². The van der Waals surface area contributed by atoms with Crippen molar-refractivity contribution in [2.75, 3.05) is 10.2 Å². The van der Waals surface area contributed by atoms with Crippen LogP contribution in [0.25, 0.3) is 0 Å². The molecule has 0 spiro atoms. The molecule has 182 valence electrons. The second kappa shape index (κ2) is 9.72. The third-order valence-corrected chi connectivity index (χ3v) is 7.45. The monoisotopic (exact) mass is 504 g/mol. The molecule has 2 aliphatic rings. The number of fused-ring (bicyclic) bond motifs is 2. The summed E-state index contributed by atoms with van der Waals surface area (Å²) in [7, 11) is 0. The molecule has 3 atom stereocenters. The van der Waals surface area contributed by atoms with Gasteiger partial charge in [-0.3, -0.25) is 14.5 Å². The first-order valence-electron chi connectivity index (χ1n) is 12.4. The molecule has 4 nitrogen and oxygen atoms in total. The molecule has 4 aromatic rings. The van der Waals surface area contributed by atoms with E-state index in [0.717, 1.165) is 28.2 Å². The van der Waals surface area contributed by atoms with Gasteiger partial charge in [0.2, 0.25) is 0 Å². The van der Waals surface area contributed by atoms with Crippen LogP contribution in [0.5, 0.6) is 0 Å². The van der Waals surface area contributed by atoms with Crippen LogP contribution in [0.1, 0.15) is 39.9 Å². The van der Waals surface area contributed by atoms with Gasteiger partial charge in [0, 0.05) is 28.6 Å². The zero-order valence-corrected chi connectivity index (χ0v) is 20.8. The Balaban J connectivity index is 1.55. The number of carbonyl (C=O) groups is 2. The topological polar surface area (TPSA) is 49.4 Å². The lowest BCUT2D eigenvalue weighted by atomic mass is 9.76. The molecule has 0 fully saturated rings. The van der Waals surface area contributed by atoms with Crippen LogP contribution in [0.2, 0.25) is 5.02 Å². The summed E-state index contributed by atoms with van der Waals surface area (Å²) in [5.74, 6) is -0.662. The maximum atomic E-state index is 14.2. The van der Waals surface area contributed by atoms with Gasteiger partial charge < -0.3 is 5.32 Å². The molecule has 1 aliphatic carbocycles. The standard InChI is InChI=1S/C32H25ClN2O2/c33-25-17-15-21(16-18-25)24-19-27-30(29(36)20-24)31(22-9-3-1-4-10-22)35(28-14-8-7-13-26(28)34-27)32(37)23-11-5-2-6-12-23/h1-19,24,30-31,34H,20H2/t24-,30-,31+/m0/s1. The number of nitrogens with zero attached hydrogens (tertiary/aromatic N) is 1. The number of ketones is 1. The highest BCUT2D eigenvalue weighted by Crippen LogP contribution is 2.48. The van der Waals surface area contributed by atoms with E-state index in [4.69, 9.17) is 11.6 Å². The quantitative estimate of drug-likeness (QED) is 0.316. The number of anilines is 2. The van der Waals surface area contributed by atoms with Gasteiger partial charge >= 0.3 is 0 Å². The van der Waals surface area contributed by atoms with Crippen molar-refractivity contribution in [1.29, 1.82) is 0 Å². The fourth-order valence-electron chi connectivity index (χ4n) is 5.48. The Morgan fingerprint density at radius 2 is 1.43 bits per heavy atom. The highest BCUT2D eigenvalue weighted by atomic mass is 35.5. The number of carbonyl (C=O) groups excluding carboxylic acids is 2. The Kier molecular flexibility index (Phi) is 6.11. The minimum absolute atomic E-state index is 0.0801. The van der Waals surface area contributed by atoms with Gasteiger partial charge in [-0.2, -0.15) is 0 Å². The summed E-state index contributed by atoms with van der Waals surface area (Å²) < 4.78 is 0. The average molecular weight is 505 g/mol. The minimum Gasteiger partial charge on any atom is -0.357 e. The second-order valence-corrected chi connectivity index (χ2v) is 9.90. The molecule has 0 radical (unpaired) electrons. The average Bonchev–Trinajstić information content (AvgIpc) is 3.08. The van der Waals surface area contributed by atoms with E-state index in [1.807, 2.05) is 109 Å². The lowest BCUT2D eigenvalue weighted by Crippen LogP contribution is -2.42. The zero-order valence-electron chi connectivity index (χ0n) is 20.1. The summed E-state index contributed by atoms with van der Waals surface area (Å²) in [4.78, 5) is 30.0. The van der Waals surface area contributed by atoms with Gasteiger partial charge in [0.1, 0.15) is 5.78 Å². The van der Waals surface area contributed by atoms with E-state index in [2.05, 4.69) is 11.4 Å². The Bertz CT molecular complexity index is 1480. The maximum Gasteiger partial charge on any atom is 0.258 e. The van der Waals surface area contributed by atoms with Crippen molar-refractivity contribution in [3.05, 3.63) is 143 Å². The van der Waals surface area contributed by atoms with Crippen LogP contribution < -0.4 is 10.2 Å². The highest BCUT2D eigenvalue weighted by molar-refractivity contribution is 6.30. The number of halogens is 1. The summed E-state index contributed by atoms with van der Waals surface area (Å²) in [5.41, 5.74) is 4.90. The van der Waals surface area contributed by atoms with Gasteiger partial charge in [0.05, 0.1) is 23.3 Å². The Morgan fingerprint density at radius 1 is 0.784 bits per heavy atom. The number of rotatable bonds is 3. The molecular weight excluding hydrogens is 480 g/mol. The first-order chi connectivity index (χ1) is 18.1. The fourth-order valence-corrected chi connectivity index (χ4v) is 5.60. The Labute approximate surface area is 221 Å². The predicted molar refractivity (Wildman–Crippen MR) is 148 cm³/mol. The molecule has 0 bridgehead atoms. The van der Waals surface area contributed by atoms with Crippen molar-refractivity contribution in [2.24, 2.45) is 5.92 Å². The molecule has 1 aliphatic heterocycles. The SMILES string of the molecule is O=C1C[C@@H](c2ccc(Cl)cc2)C=C2Nc3ccccc3N(C(=O)c3ccccc3)[C@H](c3ccccc3)[C@H]12. The molecule has 1 N–H and O–H groups in total. The third kappa shape index (κ3) is 4.34. The summed E-state index contributed by atoms with van der Waals surface area (Å²) in [6, 6.07) is 34.0. The van der Waals surface area contributed by atoms with E-state index >= 15 is 0 Å². The van der Waals surface area contributed by atoms with E-state index in [-0.39, 0.29) is 17.6 Å². The number of benzene rings is 4. The first-order valence-corrected chi connectivity index (χ1v) is 12.8. The summed E-state index contributed by atoms with van der Waals surface area (Å²) >= 11 is 6.12. The molecule has 0 saturated heterocycles. The van der Waals surface area contributed by atoms with Crippen LogP contribution in [-0.2, 0) is 4.79 Å².